The van der Waals surface area contributed by atoms with Crippen molar-refractivity contribution in [1.82, 2.24) is 0 Å². The maximum Gasteiger partial charge on any atom is 0.472 e. The molecule has 0 spiro atoms. The van der Waals surface area contributed by atoms with Gasteiger partial charge < -0.3 is 33.8 Å². The Morgan fingerprint density at radius 2 is 0.475 bits per heavy atom. The molecule has 17 nitrogen and oxygen atoms in total. The van der Waals surface area contributed by atoms with Gasteiger partial charge in [0.1, 0.15) is 19.3 Å². The van der Waals surface area contributed by atoms with E-state index in [-0.39, 0.29) is 25.7 Å². The highest BCUT2D eigenvalue weighted by atomic mass is 31.2. The van der Waals surface area contributed by atoms with Gasteiger partial charge in [0.05, 0.1) is 26.4 Å². The van der Waals surface area contributed by atoms with Gasteiger partial charge in [0.2, 0.25) is 0 Å². The number of aliphatic hydroxyl groups is 1. The van der Waals surface area contributed by atoms with Crippen LogP contribution in [0.5, 0.6) is 0 Å². The predicted octanol–water partition coefficient (Wildman–Crippen LogP) is 24.8. The molecule has 19 heteroatoms. The molecular weight excluding hydrogens is 1320 g/mol. The highest BCUT2D eigenvalue weighted by Gasteiger charge is 2.30. The summed E-state index contributed by atoms with van der Waals surface area (Å²) < 4.78 is 68.8. The van der Waals surface area contributed by atoms with Crippen molar-refractivity contribution in [2.24, 2.45) is 5.92 Å². The Balaban J connectivity index is 5.25. The summed E-state index contributed by atoms with van der Waals surface area (Å²) in [7, 11) is -9.92. The van der Waals surface area contributed by atoms with E-state index in [2.05, 4.69) is 34.6 Å². The predicted molar refractivity (Wildman–Crippen MR) is 414 cm³/mol. The summed E-state index contributed by atoms with van der Waals surface area (Å²) in [5, 5.41) is 10.7. The molecule has 600 valence electrons. The zero-order chi connectivity index (χ0) is 74.1. The molecule has 0 aliphatic carbocycles. The van der Waals surface area contributed by atoms with E-state index in [0.717, 1.165) is 95.8 Å². The van der Waals surface area contributed by atoms with Crippen molar-refractivity contribution in [3.63, 3.8) is 0 Å². The fourth-order valence-electron chi connectivity index (χ4n) is 12.7. The lowest BCUT2D eigenvalue weighted by atomic mass is 9.99. The molecule has 0 bridgehead atoms. The van der Waals surface area contributed by atoms with E-state index in [1.165, 1.54) is 263 Å². The largest absolute Gasteiger partial charge is 0.472 e. The molecule has 0 rings (SSSR count). The van der Waals surface area contributed by atoms with E-state index in [1.54, 1.807) is 0 Å². The van der Waals surface area contributed by atoms with E-state index >= 15 is 0 Å². The van der Waals surface area contributed by atoms with Crippen LogP contribution >= 0.6 is 15.6 Å². The fraction of sp³-hybridized carbons (Fsp3) is 0.951. The van der Waals surface area contributed by atoms with Crippen LogP contribution in [0.25, 0.3) is 0 Å². The van der Waals surface area contributed by atoms with Crippen LogP contribution in [0, 0.1) is 5.92 Å². The first-order chi connectivity index (χ1) is 49.1. The third kappa shape index (κ3) is 74.7. The van der Waals surface area contributed by atoms with Crippen molar-refractivity contribution < 1.29 is 80.2 Å². The van der Waals surface area contributed by atoms with Crippen LogP contribution in [-0.4, -0.2) is 96.7 Å². The second-order valence-corrected chi connectivity index (χ2v) is 32.7. The first kappa shape index (κ1) is 99.1. The Bertz CT molecular complexity index is 1930. The molecule has 0 aromatic carbocycles. The van der Waals surface area contributed by atoms with E-state index in [0.29, 0.717) is 25.7 Å². The van der Waals surface area contributed by atoms with Crippen LogP contribution in [0.15, 0.2) is 0 Å². The standard InChI is InChI=1S/C82H160O17P2/c1-6-10-13-16-19-22-25-28-29-30-31-32-37-41-46-51-56-61-66-80(85)93-72-78(99-82(87)68-63-58-53-48-43-38-34-33-36-39-44-49-54-59-64-75(5)9-4)74-97-101(90,91)95-70-76(83)69-94-100(88,89)96-73-77(71-92-79(84)65-60-55-50-45-40-27-24-21-18-15-12-8-3)98-81(86)67-62-57-52-47-42-35-26-23-20-17-14-11-7-2/h75-78,83H,6-74H2,1-5H3,(H,88,89)(H,90,91)/t75?,76-,77+,78+/m0/s1. The second-order valence-electron chi connectivity index (χ2n) is 29.8. The fourth-order valence-corrected chi connectivity index (χ4v) is 14.3. The molecule has 0 heterocycles. The van der Waals surface area contributed by atoms with Gasteiger partial charge in [-0.25, -0.2) is 9.13 Å². The zero-order valence-electron chi connectivity index (χ0n) is 66.1. The van der Waals surface area contributed by atoms with Crippen molar-refractivity contribution in [3.05, 3.63) is 0 Å². The third-order valence-electron chi connectivity index (χ3n) is 19.6. The molecule has 3 N–H and O–H groups in total. The molecule has 6 atom stereocenters. The summed E-state index contributed by atoms with van der Waals surface area (Å²) in [5.74, 6) is -1.26. The van der Waals surface area contributed by atoms with E-state index in [1.807, 2.05) is 0 Å². The maximum absolute atomic E-state index is 13.1. The van der Waals surface area contributed by atoms with Gasteiger partial charge in [0.25, 0.3) is 0 Å². The van der Waals surface area contributed by atoms with Gasteiger partial charge in [0, 0.05) is 25.7 Å². The van der Waals surface area contributed by atoms with Gasteiger partial charge in [-0.1, -0.05) is 388 Å². The van der Waals surface area contributed by atoms with Gasteiger partial charge in [-0.15, -0.1) is 0 Å². The Kier molecular flexibility index (Phi) is 73.5. The van der Waals surface area contributed by atoms with Crippen molar-refractivity contribution in [2.45, 2.75) is 457 Å². The lowest BCUT2D eigenvalue weighted by Gasteiger charge is -2.21. The van der Waals surface area contributed by atoms with Gasteiger partial charge in [-0.3, -0.25) is 37.3 Å². The molecular formula is C82H160O17P2. The Morgan fingerprint density at radius 1 is 0.277 bits per heavy atom. The quantitative estimate of drug-likeness (QED) is 0.0222. The number of esters is 4. The summed E-state index contributed by atoms with van der Waals surface area (Å²) in [5.41, 5.74) is 0. The number of aliphatic hydroxyl groups excluding tert-OH is 1. The number of carbonyl (C=O) groups excluding carboxylic acids is 4. The van der Waals surface area contributed by atoms with Crippen LogP contribution in [0.3, 0.4) is 0 Å². The van der Waals surface area contributed by atoms with Gasteiger partial charge in [0.15, 0.2) is 12.2 Å². The van der Waals surface area contributed by atoms with Crippen LogP contribution < -0.4 is 0 Å². The number of rotatable bonds is 82. The minimum Gasteiger partial charge on any atom is -0.462 e. The van der Waals surface area contributed by atoms with E-state index < -0.39 is 97.5 Å². The Labute approximate surface area is 619 Å². The number of ether oxygens (including phenoxy) is 4. The highest BCUT2D eigenvalue weighted by Crippen LogP contribution is 2.45. The second kappa shape index (κ2) is 74.9. The molecule has 3 unspecified atom stereocenters. The van der Waals surface area contributed by atoms with Crippen molar-refractivity contribution >= 4 is 39.5 Å². The molecule has 0 amide bonds. The van der Waals surface area contributed by atoms with E-state index in [9.17, 15) is 43.2 Å². The molecule has 0 radical (unpaired) electrons. The molecule has 0 aromatic rings. The monoisotopic (exact) mass is 1480 g/mol. The van der Waals surface area contributed by atoms with Crippen molar-refractivity contribution in [1.29, 1.82) is 0 Å². The Hall–Kier alpha value is -1.94. The molecule has 0 aromatic heterocycles. The third-order valence-corrected chi connectivity index (χ3v) is 21.5. The number of hydrogen-bond acceptors (Lipinski definition) is 15. The van der Waals surface area contributed by atoms with Crippen LogP contribution in [0.4, 0.5) is 0 Å². The summed E-state index contributed by atoms with van der Waals surface area (Å²) >= 11 is 0. The maximum atomic E-state index is 13.1. The lowest BCUT2D eigenvalue weighted by molar-refractivity contribution is -0.161. The summed E-state index contributed by atoms with van der Waals surface area (Å²) in [4.78, 5) is 73.1. The van der Waals surface area contributed by atoms with Gasteiger partial charge in [-0.05, 0) is 31.6 Å². The number of phosphoric ester groups is 2. The number of phosphoric acid groups is 2. The summed E-state index contributed by atoms with van der Waals surface area (Å²) in [6.45, 7) is 7.40. The normalized spacial score (nSPS) is 14.1. The minimum absolute atomic E-state index is 0.108. The summed E-state index contributed by atoms with van der Waals surface area (Å²) in [6, 6.07) is 0. The Morgan fingerprint density at radius 3 is 0.703 bits per heavy atom. The molecule has 101 heavy (non-hydrogen) atoms. The number of hydrogen-bond donors (Lipinski definition) is 3. The van der Waals surface area contributed by atoms with Crippen molar-refractivity contribution in [3.8, 4) is 0 Å². The van der Waals surface area contributed by atoms with E-state index in [4.69, 9.17) is 37.0 Å². The zero-order valence-corrected chi connectivity index (χ0v) is 67.8. The number of carbonyl (C=O) groups is 4. The topological polar surface area (TPSA) is 237 Å². The average Bonchev–Trinajstić information content (AvgIpc) is 0.937. The van der Waals surface area contributed by atoms with Crippen LogP contribution in [0.2, 0.25) is 0 Å². The van der Waals surface area contributed by atoms with Crippen molar-refractivity contribution in [2.75, 3.05) is 39.6 Å². The highest BCUT2D eigenvalue weighted by molar-refractivity contribution is 7.47. The smallest absolute Gasteiger partial charge is 0.462 e. The first-order valence-corrected chi connectivity index (χ1v) is 45.7. The summed E-state index contributed by atoms with van der Waals surface area (Å²) in [6.07, 6.45) is 66.4. The van der Waals surface area contributed by atoms with Gasteiger partial charge >= 0.3 is 39.5 Å². The minimum atomic E-state index is -4.96. The number of unbranched alkanes of at least 4 members (excludes halogenated alkanes) is 53. The molecule has 0 aliphatic heterocycles. The first-order valence-electron chi connectivity index (χ1n) is 42.7. The molecule has 0 aliphatic rings. The SMILES string of the molecule is CCCCCCCCCCCCCCCCCCCCC(=O)OC[C@H](COP(=O)(O)OC[C@@H](O)COP(=O)(O)OC[C@@H](COC(=O)CCCCCCCCCCCCCC)OC(=O)CCCCCCCCCCCCCCC)OC(=O)CCCCCCCCCCCCCCCCC(C)CC. The lowest BCUT2D eigenvalue weighted by Crippen LogP contribution is -2.30. The molecule has 0 fully saturated rings. The van der Waals surface area contributed by atoms with Gasteiger partial charge in [-0.2, -0.15) is 0 Å². The molecule has 0 saturated heterocycles. The van der Waals surface area contributed by atoms with Crippen LogP contribution in [0.1, 0.15) is 439 Å². The molecule has 0 saturated carbocycles. The van der Waals surface area contributed by atoms with Crippen LogP contribution in [-0.2, 0) is 65.4 Å². The average molecular weight is 1480 g/mol.